The number of nitrogens with zero attached hydrogens (tertiary/aromatic N) is 1. The average molecular weight is 527 g/mol. The van der Waals surface area contributed by atoms with Crippen LogP contribution in [0.4, 0.5) is 5.69 Å². The highest BCUT2D eigenvalue weighted by molar-refractivity contribution is 9.10. The van der Waals surface area contributed by atoms with Crippen LogP contribution < -0.4 is 14.2 Å². The molecule has 3 aromatic carbocycles. The first-order chi connectivity index (χ1) is 15.7. The Morgan fingerprint density at radius 1 is 1.06 bits per heavy atom. The van der Waals surface area contributed by atoms with Crippen molar-refractivity contribution in [1.29, 1.82) is 5.26 Å². The van der Waals surface area contributed by atoms with Crippen LogP contribution in [0.25, 0.3) is 6.08 Å². The van der Waals surface area contributed by atoms with E-state index in [2.05, 4.69) is 21.2 Å². The van der Waals surface area contributed by atoms with E-state index in [9.17, 15) is 18.5 Å². The van der Waals surface area contributed by atoms with Crippen LogP contribution in [0.15, 0.2) is 81.7 Å². The minimum absolute atomic E-state index is 0.0284. The van der Waals surface area contributed by atoms with E-state index in [1.807, 2.05) is 13.0 Å². The number of benzene rings is 3. The van der Waals surface area contributed by atoms with E-state index < -0.39 is 16.0 Å². The first kappa shape index (κ1) is 24.0. The Balaban J connectivity index is 1.95. The van der Waals surface area contributed by atoms with Gasteiger partial charge < -0.3 is 14.2 Å². The van der Waals surface area contributed by atoms with E-state index in [0.29, 0.717) is 11.4 Å². The van der Waals surface area contributed by atoms with E-state index in [1.54, 1.807) is 42.5 Å². The highest BCUT2D eigenvalue weighted by Gasteiger charge is 2.20. The molecule has 9 heteroatoms. The Morgan fingerprint density at radius 3 is 2.33 bits per heavy atom. The number of carbonyl (C=O) groups excluding carboxylic acids is 1. The number of aryl methyl sites for hydroxylation is 1. The molecule has 168 valence electrons. The van der Waals surface area contributed by atoms with Crippen molar-refractivity contribution < 1.29 is 22.1 Å². The fourth-order valence-electron chi connectivity index (χ4n) is 2.74. The summed E-state index contributed by atoms with van der Waals surface area (Å²) in [5.74, 6) is -0.388. The summed E-state index contributed by atoms with van der Waals surface area (Å²) in [7, 11) is -2.74. The number of hydrogen-bond donors (Lipinski definition) is 1. The van der Waals surface area contributed by atoms with Crippen molar-refractivity contribution in [2.45, 2.75) is 11.8 Å². The fraction of sp³-hybridized carbons (Fsp3) is 0.0833. The molecule has 0 atom stereocenters. The van der Waals surface area contributed by atoms with Gasteiger partial charge in [0.1, 0.15) is 22.3 Å². The number of nitriles is 1. The Kier molecular flexibility index (Phi) is 7.53. The molecule has 0 aliphatic carbocycles. The van der Waals surface area contributed by atoms with Crippen LogP contribution in [0.3, 0.4) is 0 Å². The maximum atomic E-state index is 12.8. The van der Waals surface area contributed by atoms with Crippen LogP contribution in [0.1, 0.15) is 11.1 Å². The van der Waals surface area contributed by atoms with Crippen molar-refractivity contribution in [3.63, 3.8) is 0 Å². The molecule has 33 heavy (non-hydrogen) atoms. The number of rotatable bonds is 7. The van der Waals surface area contributed by atoms with Crippen molar-refractivity contribution in [2.24, 2.45) is 0 Å². The Hall–Kier alpha value is -3.61. The van der Waals surface area contributed by atoms with E-state index >= 15 is 0 Å². The molecular weight excluding hydrogens is 508 g/mol. The van der Waals surface area contributed by atoms with Crippen molar-refractivity contribution >= 4 is 43.7 Å². The molecule has 1 amide bonds. The predicted octanol–water partition coefficient (Wildman–Crippen LogP) is 5.08. The number of amides is 1. The zero-order valence-corrected chi connectivity index (χ0v) is 20.1. The predicted molar refractivity (Wildman–Crippen MR) is 128 cm³/mol. The van der Waals surface area contributed by atoms with Crippen LogP contribution in [0, 0.1) is 18.3 Å². The van der Waals surface area contributed by atoms with Crippen LogP contribution in [-0.4, -0.2) is 21.4 Å². The van der Waals surface area contributed by atoms with Gasteiger partial charge in [-0.05, 0) is 61.5 Å². The minimum Gasteiger partial charge on any atom is -0.497 e. The number of methoxy groups -OCH3 is 1. The molecule has 7 nitrogen and oxygen atoms in total. The van der Waals surface area contributed by atoms with E-state index in [0.717, 1.165) is 10.0 Å². The molecule has 1 N–H and O–H groups in total. The Bertz CT molecular complexity index is 1340. The SMILES string of the molecule is COc1ccc(/C=C(\C#N)C(=O)Nc2ccc(Br)cc2)c(OS(=O)(=O)c2ccc(C)cc2)c1. The number of halogens is 1. The topological polar surface area (TPSA) is 105 Å². The second-order valence-corrected chi connectivity index (χ2v) is 9.35. The number of anilines is 1. The summed E-state index contributed by atoms with van der Waals surface area (Å²) in [6.45, 7) is 1.84. The number of nitrogens with one attached hydrogen (secondary N) is 1. The molecule has 0 spiro atoms. The van der Waals surface area contributed by atoms with Crippen LogP contribution in [0.5, 0.6) is 11.5 Å². The summed E-state index contributed by atoms with van der Waals surface area (Å²) >= 11 is 3.31. The van der Waals surface area contributed by atoms with Crippen LogP contribution in [-0.2, 0) is 14.9 Å². The molecule has 0 aliphatic rings. The second-order valence-electron chi connectivity index (χ2n) is 6.89. The molecule has 0 heterocycles. The normalized spacial score (nSPS) is 11.4. The summed E-state index contributed by atoms with van der Waals surface area (Å²) in [5.41, 5.74) is 1.38. The summed E-state index contributed by atoms with van der Waals surface area (Å²) < 4.78 is 36.9. The van der Waals surface area contributed by atoms with Crippen molar-refractivity contribution in [3.05, 3.63) is 87.9 Å². The summed E-state index contributed by atoms with van der Waals surface area (Å²) in [4.78, 5) is 12.6. The van der Waals surface area contributed by atoms with Crippen LogP contribution >= 0.6 is 15.9 Å². The number of carbonyl (C=O) groups is 1. The van der Waals surface area contributed by atoms with E-state index in [-0.39, 0.29) is 21.8 Å². The molecule has 0 radical (unpaired) electrons. The molecular formula is C24H19BrN2O5S. The van der Waals surface area contributed by atoms with Crippen molar-refractivity contribution in [2.75, 3.05) is 12.4 Å². The molecule has 0 aliphatic heterocycles. The van der Waals surface area contributed by atoms with Gasteiger partial charge in [0, 0.05) is 21.8 Å². The fourth-order valence-corrected chi connectivity index (χ4v) is 3.95. The lowest BCUT2D eigenvalue weighted by Crippen LogP contribution is -2.14. The van der Waals surface area contributed by atoms with Gasteiger partial charge in [-0.1, -0.05) is 33.6 Å². The molecule has 0 saturated heterocycles. The highest BCUT2D eigenvalue weighted by Crippen LogP contribution is 2.30. The molecule has 3 aromatic rings. The van der Waals surface area contributed by atoms with E-state index in [1.165, 1.54) is 37.5 Å². The lowest BCUT2D eigenvalue weighted by atomic mass is 10.1. The smallest absolute Gasteiger partial charge is 0.339 e. The highest BCUT2D eigenvalue weighted by atomic mass is 79.9. The number of hydrogen-bond acceptors (Lipinski definition) is 6. The van der Waals surface area contributed by atoms with Crippen molar-refractivity contribution in [1.82, 2.24) is 0 Å². The quantitative estimate of drug-likeness (QED) is 0.261. The van der Waals surface area contributed by atoms with Gasteiger partial charge in [0.15, 0.2) is 5.75 Å². The Morgan fingerprint density at radius 2 is 1.73 bits per heavy atom. The Labute approximate surface area is 200 Å². The van der Waals surface area contributed by atoms with Gasteiger partial charge in [-0.3, -0.25) is 4.79 Å². The lowest BCUT2D eigenvalue weighted by molar-refractivity contribution is -0.112. The van der Waals surface area contributed by atoms with Gasteiger partial charge in [0.2, 0.25) is 0 Å². The van der Waals surface area contributed by atoms with Gasteiger partial charge in [-0.15, -0.1) is 0 Å². The lowest BCUT2D eigenvalue weighted by Gasteiger charge is -2.12. The largest absolute Gasteiger partial charge is 0.497 e. The first-order valence-electron chi connectivity index (χ1n) is 9.60. The minimum atomic E-state index is -4.17. The molecule has 0 unspecified atom stereocenters. The summed E-state index contributed by atoms with van der Waals surface area (Å²) in [6, 6.07) is 19.3. The third-order valence-electron chi connectivity index (χ3n) is 4.50. The summed E-state index contributed by atoms with van der Waals surface area (Å²) in [6.07, 6.45) is 1.26. The second kappa shape index (κ2) is 10.3. The standard InChI is InChI=1S/C24H19BrN2O5S/c1-16-3-11-22(12-4-16)33(29,30)32-23-14-21(31-2)10-5-17(23)13-18(15-26)24(28)27-20-8-6-19(25)7-9-20/h3-14H,1-2H3,(H,27,28)/b18-13+. The molecule has 0 fully saturated rings. The first-order valence-corrected chi connectivity index (χ1v) is 11.8. The van der Waals surface area contributed by atoms with Gasteiger partial charge in [-0.25, -0.2) is 0 Å². The summed E-state index contributed by atoms with van der Waals surface area (Å²) in [5, 5.41) is 12.2. The molecule has 0 bridgehead atoms. The van der Waals surface area contributed by atoms with Gasteiger partial charge >= 0.3 is 10.1 Å². The zero-order valence-electron chi connectivity index (χ0n) is 17.7. The number of ether oxygens (including phenoxy) is 1. The van der Waals surface area contributed by atoms with E-state index in [4.69, 9.17) is 8.92 Å². The van der Waals surface area contributed by atoms with Gasteiger partial charge in [-0.2, -0.15) is 13.7 Å². The average Bonchev–Trinajstić information content (AvgIpc) is 2.79. The van der Waals surface area contributed by atoms with Crippen molar-refractivity contribution in [3.8, 4) is 17.6 Å². The van der Waals surface area contributed by atoms with Crippen LogP contribution in [0.2, 0.25) is 0 Å². The molecule has 3 rings (SSSR count). The maximum Gasteiger partial charge on any atom is 0.339 e. The third kappa shape index (κ3) is 6.22. The van der Waals surface area contributed by atoms with Gasteiger partial charge in [0.05, 0.1) is 7.11 Å². The molecule has 0 saturated carbocycles. The third-order valence-corrected chi connectivity index (χ3v) is 6.27. The maximum absolute atomic E-state index is 12.8. The van der Waals surface area contributed by atoms with Gasteiger partial charge in [0.25, 0.3) is 5.91 Å². The monoisotopic (exact) mass is 526 g/mol. The molecule has 0 aromatic heterocycles. The zero-order chi connectivity index (χ0) is 24.0.